The number of amides is 2. The lowest BCUT2D eigenvalue weighted by Gasteiger charge is -2.29. The summed E-state index contributed by atoms with van der Waals surface area (Å²) in [6.07, 6.45) is 1.95. The van der Waals surface area contributed by atoms with Crippen molar-refractivity contribution in [3.63, 3.8) is 0 Å². The number of morpholine rings is 1. The van der Waals surface area contributed by atoms with E-state index in [1.54, 1.807) is 36.4 Å². The van der Waals surface area contributed by atoms with Crippen molar-refractivity contribution in [3.8, 4) is 0 Å². The van der Waals surface area contributed by atoms with Crippen LogP contribution in [-0.2, 0) is 4.74 Å². The van der Waals surface area contributed by atoms with Crippen LogP contribution >= 0.6 is 23.2 Å². The van der Waals surface area contributed by atoms with Crippen molar-refractivity contribution >= 4 is 52.1 Å². The van der Waals surface area contributed by atoms with Crippen molar-refractivity contribution in [1.82, 2.24) is 4.90 Å². The summed E-state index contributed by atoms with van der Waals surface area (Å²) in [4.78, 5) is 33.0. The van der Waals surface area contributed by atoms with E-state index in [0.717, 1.165) is 70.2 Å². The Hall–Kier alpha value is -3.10. The van der Waals surface area contributed by atoms with Crippen LogP contribution < -0.4 is 15.1 Å². The summed E-state index contributed by atoms with van der Waals surface area (Å²) in [7, 11) is 0. The molecule has 0 saturated carbocycles. The molecule has 2 amide bonds. The van der Waals surface area contributed by atoms with Crippen LogP contribution in [0.2, 0.25) is 10.0 Å². The minimum Gasteiger partial charge on any atom is -0.379 e. The Bertz CT molecular complexity index is 1310. The number of nitrogens with zero attached hydrogens (tertiary/aromatic N) is 3. The maximum Gasteiger partial charge on any atom is 0.258 e. The lowest BCUT2D eigenvalue weighted by molar-refractivity contribution is 0.0376. The summed E-state index contributed by atoms with van der Waals surface area (Å²) >= 11 is 12.0. The van der Waals surface area contributed by atoms with Crippen molar-refractivity contribution in [2.24, 2.45) is 0 Å². The normalized spacial score (nSPS) is 15.9. The Morgan fingerprint density at radius 3 is 2.26 bits per heavy atom. The van der Waals surface area contributed by atoms with Crippen molar-refractivity contribution < 1.29 is 14.3 Å². The molecule has 0 bridgehead atoms. The van der Waals surface area contributed by atoms with Crippen LogP contribution in [-0.4, -0.2) is 69.2 Å². The zero-order valence-electron chi connectivity index (χ0n) is 21.7. The molecular weight excluding hydrogens is 535 g/mol. The Labute approximate surface area is 239 Å². The monoisotopic (exact) mass is 566 g/mol. The molecule has 7 nitrogen and oxygen atoms in total. The third kappa shape index (κ3) is 6.73. The molecular formula is C30H32Cl2N4O3. The number of hydrogen-bond donors (Lipinski definition) is 1. The van der Waals surface area contributed by atoms with Crippen LogP contribution in [0.4, 0.5) is 17.1 Å². The van der Waals surface area contributed by atoms with E-state index in [9.17, 15) is 9.59 Å². The molecule has 1 N–H and O–H groups in total. The van der Waals surface area contributed by atoms with Gasteiger partial charge in [0.15, 0.2) is 0 Å². The van der Waals surface area contributed by atoms with Gasteiger partial charge in [-0.05, 0) is 67.4 Å². The summed E-state index contributed by atoms with van der Waals surface area (Å²) in [6.45, 7) is 7.17. The first-order valence-electron chi connectivity index (χ1n) is 13.3. The summed E-state index contributed by atoms with van der Waals surface area (Å²) in [5, 5.41) is 3.55. The molecule has 0 atom stereocenters. The highest BCUT2D eigenvalue weighted by Crippen LogP contribution is 2.33. The van der Waals surface area contributed by atoms with Gasteiger partial charge in [-0.25, -0.2) is 0 Å². The molecule has 0 radical (unpaired) electrons. The predicted octanol–water partition coefficient (Wildman–Crippen LogP) is 5.82. The second-order valence-corrected chi connectivity index (χ2v) is 10.6. The molecule has 2 heterocycles. The number of carbonyl (C=O) groups excluding carboxylic acids is 2. The quantitative estimate of drug-likeness (QED) is 0.390. The first-order chi connectivity index (χ1) is 19.0. The molecule has 0 unspecified atom stereocenters. The SMILES string of the molecule is O=C(Nc1ccc(C(=O)N2CCCN(CCCN3CCOCC3)c3ccccc32)cc1)c1ccc(Cl)c(Cl)c1. The third-order valence-corrected chi connectivity index (χ3v) is 7.88. The van der Waals surface area contributed by atoms with Gasteiger partial charge in [0.1, 0.15) is 0 Å². The van der Waals surface area contributed by atoms with E-state index in [0.29, 0.717) is 33.4 Å². The number of anilines is 3. The Morgan fingerprint density at radius 2 is 1.51 bits per heavy atom. The first-order valence-corrected chi connectivity index (χ1v) is 14.1. The zero-order valence-corrected chi connectivity index (χ0v) is 23.3. The van der Waals surface area contributed by atoms with Crippen LogP contribution in [0.25, 0.3) is 0 Å². The largest absolute Gasteiger partial charge is 0.379 e. The average Bonchev–Trinajstić information content (AvgIpc) is 3.15. The zero-order chi connectivity index (χ0) is 27.2. The molecule has 0 spiro atoms. The third-order valence-electron chi connectivity index (χ3n) is 7.15. The Kier molecular flexibility index (Phi) is 9.04. The van der Waals surface area contributed by atoms with Gasteiger partial charge < -0.3 is 19.9 Å². The molecule has 2 aliphatic heterocycles. The van der Waals surface area contributed by atoms with E-state index < -0.39 is 0 Å². The number of halogens is 2. The number of ether oxygens (including phenoxy) is 1. The summed E-state index contributed by atoms with van der Waals surface area (Å²) in [5.74, 6) is -0.359. The lowest BCUT2D eigenvalue weighted by atomic mass is 10.1. The lowest BCUT2D eigenvalue weighted by Crippen LogP contribution is -2.38. The molecule has 2 aliphatic rings. The number of hydrogen-bond acceptors (Lipinski definition) is 5. The number of benzene rings is 3. The summed E-state index contributed by atoms with van der Waals surface area (Å²) < 4.78 is 5.46. The number of nitrogens with one attached hydrogen (secondary N) is 1. The van der Waals surface area contributed by atoms with E-state index >= 15 is 0 Å². The highest BCUT2D eigenvalue weighted by Gasteiger charge is 2.25. The fourth-order valence-electron chi connectivity index (χ4n) is 5.07. The van der Waals surface area contributed by atoms with E-state index in [4.69, 9.17) is 27.9 Å². The summed E-state index contributed by atoms with van der Waals surface area (Å²) in [6, 6.07) is 19.9. The molecule has 0 aromatic heterocycles. The molecule has 1 saturated heterocycles. The molecule has 0 aliphatic carbocycles. The van der Waals surface area contributed by atoms with E-state index in [2.05, 4.69) is 21.2 Å². The van der Waals surface area contributed by atoms with Gasteiger partial charge >= 0.3 is 0 Å². The van der Waals surface area contributed by atoms with Crippen molar-refractivity contribution in [2.75, 3.05) is 67.6 Å². The van der Waals surface area contributed by atoms with Crippen LogP contribution in [0, 0.1) is 0 Å². The van der Waals surface area contributed by atoms with Crippen LogP contribution in [0.1, 0.15) is 33.6 Å². The van der Waals surface area contributed by atoms with Crippen molar-refractivity contribution in [2.45, 2.75) is 12.8 Å². The fourth-order valence-corrected chi connectivity index (χ4v) is 5.36. The van der Waals surface area contributed by atoms with Crippen molar-refractivity contribution in [1.29, 1.82) is 0 Å². The standard InChI is InChI=1S/C30H32Cl2N4O3/c31-25-12-9-23(21-26(25)32)29(37)33-24-10-7-22(8-11-24)30(38)36-16-4-15-35(27-5-1-2-6-28(27)36)14-3-13-34-17-19-39-20-18-34/h1-2,5-12,21H,3-4,13-20H2,(H,33,37). The molecule has 204 valence electrons. The minimum absolute atomic E-state index is 0.0556. The van der Waals surface area contributed by atoms with Crippen LogP contribution in [0.5, 0.6) is 0 Å². The Morgan fingerprint density at radius 1 is 0.795 bits per heavy atom. The van der Waals surface area contributed by atoms with Crippen LogP contribution in [0.15, 0.2) is 66.7 Å². The van der Waals surface area contributed by atoms with E-state index in [-0.39, 0.29) is 11.8 Å². The highest BCUT2D eigenvalue weighted by atomic mass is 35.5. The molecule has 1 fully saturated rings. The highest BCUT2D eigenvalue weighted by molar-refractivity contribution is 6.42. The average molecular weight is 568 g/mol. The van der Waals surface area contributed by atoms with Gasteiger partial charge in [-0.1, -0.05) is 35.3 Å². The predicted molar refractivity (Wildman–Crippen MR) is 158 cm³/mol. The molecule has 5 rings (SSSR count). The van der Waals surface area contributed by atoms with Gasteiger partial charge in [0.05, 0.1) is 34.6 Å². The van der Waals surface area contributed by atoms with Gasteiger partial charge in [0.25, 0.3) is 11.8 Å². The van der Waals surface area contributed by atoms with Gasteiger partial charge in [-0.2, -0.15) is 0 Å². The van der Waals surface area contributed by atoms with Gasteiger partial charge in [0.2, 0.25) is 0 Å². The van der Waals surface area contributed by atoms with E-state index in [1.807, 2.05) is 23.1 Å². The second kappa shape index (κ2) is 12.8. The molecule has 39 heavy (non-hydrogen) atoms. The Balaban J connectivity index is 1.25. The first kappa shape index (κ1) is 27.5. The molecule has 9 heteroatoms. The van der Waals surface area contributed by atoms with Crippen molar-refractivity contribution in [3.05, 3.63) is 87.9 Å². The van der Waals surface area contributed by atoms with Crippen LogP contribution in [0.3, 0.4) is 0 Å². The number of carbonyl (C=O) groups is 2. The van der Waals surface area contributed by atoms with Gasteiger partial charge in [-0.3, -0.25) is 14.5 Å². The van der Waals surface area contributed by atoms with Gasteiger partial charge in [-0.15, -0.1) is 0 Å². The fraction of sp³-hybridized carbons (Fsp3) is 0.333. The summed E-state index contributed by atoms with van der Waals surface area (Å²) in [5.41, 5.74) is 3.59. The van der Waals surface area contributed by atoms with E-state index in [1.165, 1.54) is 6.07 Å². The smallest absolute Gasteiger partial charge is 0.258 e. The number of para-hydroxylation sites is 2. The number of rotatable bonds is 7. The number of fused-ring (bicyclic) bond motifs is 1. The minimum atomic E-state index is -0.303. The molecule has 3 aromatic rings. The second-order valence-electron chi connectivity index (χ2n) is 9.75. The maximum absolute atomic E-state index is 13.6. The van der Waals surface area contributed by atoms with Gasteiger partial charge in [0, 0.05) is 56.1 Å². The topological polar surface area (TPSA) is 65.1 Å². The molecule has 3 aromatic carbocycles. The maximum atomic E-state index is 13.6.